The highest BCUT2D eigenvalue weighted by Crippen LogP contribution is 2.40. The summed E-state index contributed by atoms with van der Waals surface area (Å²) < 4.78 is 45.8. The fourth-order valence-corrected chi connectivity index (χ4v) is 7.91. The van der Waals surface area contributed by atoms with Gasteiger partial charge in [0, 0.05) is 49.0 Å². The Morgan fingerprint density at radius 1 is 0.691 bits per heavy atom. The van der Waals surface area contributed by atoms with E-state index in [0.29, 0.717) is 49.1 Å². The normalized spacial score (nSPS) is 18.9. The van der Waals surface area contributed by atoms with Crippen LogP contribution in [0, 0.1) is 0 Å². The molecule has 2 atom stereocenters. The fraction of sp³-hybridized carbons (Fsp3) is 0.488. The first-order valence-corrected chi connectivity index (χ1v) is 19.0. The van der Waals surface area contributed by atoms with E-state index in [9.17, 15) is 9.59 Å². The van der Waals surface area contributed by atoms with Crippen LogP contribution >= 0.6 is 0 Å². The Labute approximate surface area is 325 Å². The van der Waals surface area contributed by atoms with E-state index in [0.717, 1.165) is 90.1 Å². The van der Waals surface area contributed by atoms with Gasteiger partial charge in [0.2, 0.25) is 0 Å². The molecule has 0 bridgehead atoms. The summed E-state index contributed by atoms with van der Waals surface area (Å²) >= 11 is 0. The van der Waals surface area contributed by atoms with Gasteiger partial charge in [-0.2, -0.15) is 0 Å². The summed E-state index contributed by atoms with van der Waals surface area (Å²) in [7, 11) is 10.5. The van der Waals surface area contributed by atoms with Crippen molar-refractivity contribution in [3.8, 4) is 28.7 Å². The maximum Gasteiger partial charge on any atom is 0.331 e. The topological polar surface area (TPSA) is 108 Å². The molecule has 3 aromatic carbocycles. The van der Waals surface area contributed by atoms with Gasteiger partial charge in [-0.15, -0.1) is 0 Å². The second kappa shape index (κ2) is 19.7. The van der Waals surface area contributed by atoms with E-state index in [1.54, 1.807) is 35.5 Å². The molecule has 0 N–H and O–H groups in total. The van der Waals surface area contributed by atoms with Crippen LogP contribution in [0.15, 0.2) is 66.7 Å². The zero-order valence-electron chi connectivity index (χ0n) is 33.3. The van der Waals surface area contributed by atoms with E-state index in [-0.39, 0.29) is 19.3 Å². The second-order valence-electron chi connectivity index (χ2n) is 14.5. The summed E-state index contributed by atoms with van der Waals surface area (Å²) in [5.41, 5.74) is 4.88. The van der Waals surface area contributed by atoms with Crippen molar-refractivity contribution >= 4 is 11.9 Å². The van der Waals surface area contributed by atoms with Crippen molar-refractivity contribution in [3.05, 3.63) is 89.0 Å². The van der Waals surface area contributed by atoms with Gasteiger partial charge in [-0.1, -0.05) is 6.07 Å². The number of likely N-dealkylation sites (N-methyl/N-ethyl adjacent to an activating group) is 1. The maximum absolute atomic E-state index is 12.6. The minimum atomic E-state index is -0.565. The van der Waals surface area contributed by atoms with Gasteiger partial charge in [0.1, 0.15) is 31.4 Å². The predicted octanol–water partition coefficient (Wildman–Crippen LogP) is 5.49. The molecule has 0 amide bonds. The molecular weight excluding hydrogens is 704 g/mol. The lowest BCUT2D eigenvalue weighted by atomic mass is 9.86. The summed E-state index contributed by atoms with van der Waals surface area (Å²) in [6.45, 7) is 6.96. The van der Waals surface area contributed by atoms with Gasteiger partial charge in [0.25, 0.3) is 0 Å². The number of methoxy groups -OCH3 is 5. The Morgan fingerprint density at radius 2 is 1.27 bits per heavy atom. The molecule has 2 aliphatic heterocycles. The Bertz CT molecular complexity index is 1770. The van der Waals surface area contributed by atoms with E-state index in [4.69, 9.17) is 37.9 Å². The highest BCUT2D eigenvalue weighted by Gasteiger charge is 2.39. The Morgan fingerprint density at radius 3 is 1.87 bits per heavy atom. The number of rotatable bonds is 19. The number of benzene rings is 3. The highest BCUT2D eigenvalue weighted by molar-refractivity contribution is 5.91. The number of carbonyl (C=O) groups is 2. The van der Waals surface area contributed by atoms with Crippen LogP contribution in [0.25, 0.3) is 0 Å². The minimum Gasteiger partial charge on any atom is -0.497 e. The molecular formula is C43H58N2O10+2. The summed E-state index contributed by atoms with van der Waals surface area (Å²) in [6.07, 6.45) is 5.36. The molecule has 12 heteroatoms. The molecule has 0 aliphatic carbocycles. The SMILES string of the molecule is COc1ccc2c(c1)CC[N+](C)(CCCOC(=O)C=CC(=O)OCCC[N+]1(Cc3ccc(OC)c(OC)c3)CCOCC1)C2Cc1ccc(OC)c(OC)c1. The molecule has 2 unspecified atom stereocenters. The first kappa shape index (κ1) is 41.4. The molecule has 5 rings (SSSR count). The summed E-state index contributed by atoms with van der Waals surface area (Å²) in [4.78, 5) is 25.1. The van der Waals surface area contributed by atoms with Crippen molar-refractivity contribution < 1.29 is 56.5 Å². The van der Waals surface area contributed by atoms with Crippen LogP contribution in [0.3, 0.4) is 0 Å². The van der Waals surface area contributed by atoms with Gasteiger partial charge in [0.15, 0.2) is 23.0 Å². The van der Waals surface area contributed by atoms with Crippen molar-refractivity contribution in [2.45, 2.75) is 38.3 Å². The standard InChI is InChI=1S/C43H58N2O10/c1-44(20-17-34-30-35(48-2)11-12-36(34)37(44)27-32-9-13-38(49-3)40(28-32)51-5)18-7-23-54-42(46)15-16-43(47)55-24-8-19-45(21-25-53-26-22-45)31-33-10-14-39(50-4)41(29-33)52-6/h9-16,28-30,37H,7-8,17-27,31H2,1-6H3/q+2. The van der Waals surface area contributed by atoms with E-state index in [1.807, 2.05) is 30.3 Å². The molecule has 2 aliphatic rings. The molecule has 0 spiro atoms. The van der Waals surface area contributed by atoms with E-state index in [1.165, 1.54) is 11.1 Å². The average Bonchev–Trinajstić information content (AvgIpc) is 3.21. The third-order valence-corrected chi connectivity index (χ3v) is 11.1. The molecule has 0 saturated carbocycles. The zero-order valence-corrected chi connectivity index (χ0v) is 33.3. The van der Waals surface area contributed by atoms with Crippen LogP contribution < -0.4 is 23.7 Å². The predicted molar refractivity (Wildman–Crippen MR) is 208 cm³/mol. The summed E-state index contributed by atoms with van der Waals surface area (Å²) in [6, 6.07) is 18.6. The zero-order chi connectivity index (χ0) is 39.3. The van der Waals surface area contributed by atoms with Crippen molar-refractivity contribution in [1.29, 1.82) is 0 Å². The van der Waals surface area contributed by atoms with Gasteiger partial charge >= 0.3 is 11.9 Å². The number of carbonyl (C=O) groups excluding carboxylic acids is 2. The smallest absolute Gasteiger partial charge is 0.331 e. The quantitative estimate of drug-likeness (QED) is 0.0674. The third kappa shape index (κ3) is 10.9. The van der Waals surface area contributed by atoms with Crippen molar-refractivity contribution in [1.82, 2.24) is 0 Å². The van der Waals surface area contributed by atoms with Gasteiger partial charge in [-0.05, 0) is 59.7 Å². The third-order valence-electron chi connectivity index (χ3n) is 11.1. The largest absolute Gasteiger partial charge is 0.497 e. The van der Waals surface area contributed by atoms with Gasteiger partial charge in [-0.25, -0.2) is 9.59 Å². The van der Waals surface area contributed by atoms with E-state index in [2.05, 4.69) is 31.3 Å². The van der Waals surface area contributed by atoms with Crippen molar-refractivity contribution in [2.24, 2.45) is 0 Å². The summed E-state index contributed by atoms with van der Waals surface area (Å²) in [5, 5.41) is 0. The van der Waals surface area contributed by atoms with Crippen LogP contribution in [0.1, 0.15) is 41.1 Å². The number of fused-ring (bicyclic) bond motifs is 1. The highest BCUT2D eigenvalue weighted by atomic mass is 16.5. The monoisotopic (exact) mass is 762 g/mol. The number of morpholine rings is 1. The molecule has 1 saturated heterocycles. The lowest BCUT2D eigenvalue weighted by molar-refractivity contribution is -0.947. The Balaban J connectivity index is 1.09. The number of ether oxygens (including phenoxy) is 8. The first-order valence-electron chi connectivity index (χ1n) is 19.0. The molecule has 0 radical (unpaired) electrons. The molecule has 12 nitrogen and oxygen atoms in total. The van der Waals surface area contributed by atoms with Crippen LogP contribution in [-0.4, -0.2) is 123 Å². The Hall–Kier alpha value is -4.78. The van der Waals surface area contributed by atoms with Gasteiger partial charge < -0.3 is 46.9 Å². The van der Waals surface area contributed by atoms with Gasteiger partial charge in [-0.3, -0.25) is 0 Å². The van der Waals surface area contributed by atoms with Crippen LogP contribution in [0.5, 0.6) is 28.7 Å². The molecule has 298 valence electrons. The van der Waals surface area contributed by atoms with Crippen molar-refractivity contribution in [3.63, 3.8) is 0 Å². The molecule has 3 aromatic rings. The fourth-order valence-electron chi connectivity index (χ4n) is 7.91. The number of esters is 2. The number of hydrogen-bond donors (Lipinski definition) is 0. The van der Waals surface area contributed by atoms with Crippen molar-refractivity contribution in [2.75, 3.05) is 102 Å². The van der Waals surface area contributed by atoms with Crippen LogP contribution in [0.4, 0.5) is 0 Å². The maximum atomic E-state index is 12.6. The van der Waals surface area contributed by atoms with Crippen LogP contribution in [0.2, 0.25) is 0 Å². The number of hydrogen-bond acceptors (Lipinski definition) is 10. The second-order valence-corrected chi connectivity index (χ2v) is 14.5. The lowest BCUT2D eigenvalue weighted by Gasteiger charge is -2.46. The van der Waals surface area contributed by atoms with Crippen LogP contribution in [-0.2, 0) is 43.2 Å². The lowest BCUT2D eigenvalue weighted by Crippen LogP contribution is -2.55. The Kier molecular flexibility index (Phi) is 14.8. The molecule has 1 fully saturated rings. The number of quaternary nitrogens is 2. The average molecular weight is 763 g/mol. The van der Waals surface area contributed by atoms with Gasteiger partial charge in [0.05, 0.1) is 88.7 Å². The molecule has 2 heterocycles. The first-order chi connectivity index (χ1) is 26.6. The molecule has 0 aromatic heterocycles. The number of nitrogens with zero attached hydrogens (tertiary/aromatic N) is 2. The van der Waals surface area contributed by atoms with E-state index < -0.39 is 11.9 Å². The summed E-state index contributed by atoms with van der Waals surface area (Å²) in [5.74, 6) is 2.52. The minimum absolute atomic E-state index is 0.171. The van der Waals surface area contributed by atoms with E-state index >= 15 is 0 Å². The molecule has 55 heavy (non-hydrogen) atoms.